The molecule has 0 amide bonds. The van der Waals surface area contributed by atoms with E-state index in [9.17, 15) is 9.59 Å². The number of anilines is 1. The molecule has 0 saturated carbocycles. The molecule has 0 unspecified atom stereocenters. The third-order valence-electron chi connectivity index (χ3n) is 4.29. The Morgan fingerprint density at radius 2 is 2.00 bits per heavy atom. The van der Waals surface area contributed by atoms with Gasteiger partial charge in [-0.1, -0.05) is 12.8 Å². The van der Waals surface area contributed by atoms with Gasteiger partial charge in [0.1, 0.15) is 11.9 Å². The van der Waals surface area contributed by atoms with Crippen molar-refractivity contribution in [1.82, 2.24) is 4.98 Å². The fourth-order valence-corrected chi connectivity index (χ4v) is 3.01. The number of cyclic esters (lactones) is 1. The van der Waals surface area contributed by atoms with E-state index in [2.05, 4.69) is 9.88 Å². The van der Waals surface area contributed by atoms with E-state index in [0.29, 0.717) is 12.0 Å². The molecule has 3 rings (SSSR count). The highest BCUT2D eigenvalue weighted by Gasteiger charge is 2.35. The van der Waals surface area contributed by atoms with E-state index in [-0.39, 0.29) is 6.10 Å². The molecule has 23 heavy (non-hydrogen) atoms. The minimum Gasteiger partial charge on any atom is -0.460 e. The van der Waals surface area contributed by atoms with E-state index in [0.717, 1.165) is 18.9 Å². The van der Waals surface area contributed by atoms with Crippen molar-refractivity contribution in [3.63, 3.8) is 0 Å². The number of pyridine rings is 1. The van der Waals surface area contributed by atoms with Gasteiger partial charge in [-0.2, -0.15) is 0 Å². The van der Waals surface area contributed by atoms with Crippen LogP contribution >= 0.6 is 0 Å². The molecule has 1 aromatic heterocycles. The molecule has 0 N–H and O–H groups in total. The molecule has 0 bridgehead atoms. The zero-order valence-electron chi connectivity index (χ0n) is 13.4. The van der Waals surface area contributed by atoms with Gasteiger partial charge in [0.05, 0.1) is 5.56 Å². The maximum Gasteiger partial charge on any atom is 0.347 e. The second-order valence-electron chi connectivity index (χ2n) is 6.18. The lowest BCUT2D eigenvalue weighted by Crippen LogP contribution is -2.25. The van der Waals surface area contributed by atoms with Crippen molar-refractivity contribution in [3.05, 3.63) is 23.9 Å². The minimum absolute atomic E-state index is 0.205. The van der Waals surface area contributed by atoms with Crippen LogP contribution in [0.2, 0.25) is 0 Å². The summed E-state index contributed by atoms with van der Waals surface area (Å²) in [4.78, 5) is 30.3. The van der Waals surface area contributed by atoms with Gasteiger partial charge in [-0.25, -0.2) is 14.6 Å². The Kier molecular flexibility index (Phi) is 4.79. The van der Waals surface area contributed by atoms with Crippen LogP contribution in [0.4, 0.5) is 5.82 Å². The molecule has 6 heteroatoms. The number of nitrogens with zero attached hydrogens (tertiary/aromatic N) is 2. The number of rotatable bonds is 3. The fourth-order valence-electron chi connectivity index (χ4n) is 3.01. The lowest BCUT2D eigenvalue weighted by atomic mass is 10.2. The van der Waals surface area contributed by atoms with Gasteiger partial charge < -0.3 is 14.4 Å². The third kappa shape index (κ3) is 3.81. The van der Waals surface area contributed by atoms with Crippen molar-refractivity contribution >= 4 is 17.8 Å². The van der Waals surface area contributed by atoms with Crippen molar-refractivity contribution < 1.29 is 19.1 Å². The predicted octanol–water partition coefficient (Wildman–Crippen LogP) is 2.32. The number of carbonyl (C=O) groups excluding carboxylic acids is 2. The smallest absolute Gasteiger partial charge is 0.347 e. The highest BCUT2D eigenvalue weighted by Crippen LogP contribution is 2.20. The summed E-state index contributed by atoms with van der Waals surface area (Å²) in [6.45, 7) is 3.79. The molecule has 3 heterocycles. The summed E-state index contributed by atoms with van der Waals surface area (Å²) in [5, 5.41) is 0. The van der Waals surface area contributed by atoms with E-state index in [4.69, 9.17) is 9.47 Å². The summed E-state index contributed by atoms with van der Waals surface area (Å²) in [6.07, 6.45) is 5.79. The van der Waals surface area contributed by atoms with Crippen LogP contribution in [0.15, 0.2) is 18.3 Å². The normalized spacial score (nSPS) is 24.9. The first-order valence-electron chi connectivity index (χ1n) is 8.26. The number of hydrogen-bond donors (Lipinski definition) is 0. The molecule has 0 aromatic carbocycles. The van der Waals surface area contributed by atoms with Crippen LogP contribution in [0.5, 0.6) is 0 Å². The first kappa shape index (κ1) is 15.8. The molecular formula is C17H22N2O4. The molecule has 1 aromatic rings. The molecule has 2 fully saturated rings. The summed E-state index contributed by atoms with van der Waals surface area (Å²) in [5.41, 5.74) is 0.357. The van der Waals surface area contributed by atoms with E-state index in [1.165, 1.54) is 31.9 Å². The first-order valence-corrected chi connectivity index (χ1v) is 8.26. The summed E-state index contributed by atoms with van der Waals surface area (Å²) in [5.74, 6) is -0.117. The Bertz CT molecular complexity index is 564. The van der Waals surface area contributed by atoms with E-state index in [1.807, 2.05) is 6.07 Å². The summed E-state index contributed by atoms with van der Waals surface area (Å²) >= 11 is 0. The molecule has 2 aliphatic rings. The maximum absolute atomic E-state index is 12.1. The Morgan fingerprint density at radius 3 is 2.57 bits per heavy atom. The van der Waals surface area contributed by atoms with Gasteiger partial charge in [0.25, 0.3) is 0 Å². The molecule has 2 atom stereocenters. The fraction of sp³-hybridized carbons (Fsp3) is 0.588. The SMILES string of the molecule is C[C@H]1C[C@@H](OC(=O)c2ccc(N3CCCCCC3)nc2)C(=O)O1. The van der Waals surface area contributed by atoms with Gasteiger partial charge >= 0.3 is 11.9 Å². The zero-order chi connectivity index (χ0) is 16.2. The summed E-state index contributed by atoms with van der Waals surface area (Å²) in [7, 11) is 0. The predicted molar refractivity (Wildman–Crippen MR) is 84.3 cm³/mol. The highest BCUT2D eigenvalue weighted by molar-refractivity contribution is 5.91. The van der Waals surface area contributed by atoms with Gasteiger partial charge in [-0.05, 0) is 31.9 Å². The minimum atomic E-state index is -0.803. The van der Waals surface area contributed by atoms with Crippen LogP contribution in [0.1, 0.15) is 49.4 Å². The number of hydrogen-bond acceptors (Lipinski definition) is 6. The van der Waals surface area contributed by atoms with Crippen LogP contribution < -0.4 is 4.90 Å². The highest BCUT2D eigenvalue weighted by atomic mass is 16.6. The quantitative estimate of drug-likeness (QED) is 0.797. The van der Waals surface area contributed by atoms with Crippen LogP contribution in [0.25, 0.3) is 0 Å². The van der Waals surface area contributed by atoms with Gasteiger partial charge in [-0.15, -0.1) is 0 Å². The lowest BCUT2D eigenvalue weighted by Gasteiger charge is -2.21. The monoisotopic (exact) mass is 318 g/mol. The standard InChI is InChI=1S/C17H22N2O4/c1-12-10-14(17(21)22-12)23-16(20)13-6-7-15(18-11-13)19-8-4-2-3-5-9-19/h6-7,11-12,14H,2-5,8-10H2,1H3/t12-,14+/m0/s1. The Hall–Kier alpha value is -2.11. The number of esters is 2. The van der Waals surface area contributed by atoms with Crippen molar-refractivity contribution in [2.75, 3.05) is 18.0 Å². The van der Waals surface area contributed by atoms with E-state index >= 15 is 0 Å². The van der Waals surface area contributed by atoms with Crippen molar-refractivity contribution in [2.45, 2.75) is 51.2 Å². The summed E-state index contributed by atoms with van der Waals surface area (Å²) in [6, 6.07) is 3.55. The van der Waals surface area contributed by atoms with Crippen molar-refractivity contribution in [1.29, 1.82) is 0 Å². The Morgan fingerprint density at radius 1 is 1.26 bits per heavy atom. The lowest BCUT2D eigenvalue weighted by molar-refractivity contribution is -0.147. The van der Waals surface area contributed by atoms with Crippen molar-refractivity contribution in [2.24, 2.45) is 0 Å². The van der Waals surface area contributed by atoms with Crippen LogP contribution in [-0.4, -0.2) is 42.2 Å². The molecule has 2 saturated heterocycles. The molecule has 124 valence electrons. The number of aromatic nitrogens is 1. The molecule has 2 aliphatic heterocycles. The number of ether oxygens (including phenoxy) is 2. The van der Waals surface area contributed by atoms with Crippen molar-refractivity contribution in [3.8, 4) is 0 Å². The van der Waals surface area contributed by atoms with Crippen LogP contribution in [-0.2, 0) is 14.3 Å². The van der Waals surface area contributed by atoms with Gasteiger partial charge in [-0.3, -0.25) is 0 Å². The Labute approximate surface area is 135 Å². The Balaban J connectivity index is 1.62. The van der Waals surface area contributed by atoms with Crippen LogP contribution in [0, 0.1) is 0 Å². The molecule has 0 spiro atoms. The third-order valence-corrected chi connectivity index (χ3v) is 4.29. The van der Waals surface area contributed by atoms with E-state index < -0.39 is 18.0 Å². The molecular weight excluding hydrogens is 296 g/mol. The van der Waals surface area contributed by atoms with Gasteiger partial charge in [0.15, 0.2) is 0 Å². The molecule has 6 nitrogen and oxygen atoms in total. The largest absolute Gasteiger partial charge is 0.460 e. The number of carbonyl (C=O) groups is 2. The average Bonchev–Trinajstić information content (AvgIpc) is 2.75. The topological polar surface area (TPSA) is 68.7 Å². The molecule has 0 aliphatic carbocycles. The van der Waals surface area contributed by atoms with Gasteiger partial charge in [0.2, 0.25) is 6.10 Å². The van der Waals surface area contributed by atoms with Gasteiger partial charge in [0, 0.05) is 25.7 Å². The first-order chi connectivity index (χ1) is 11.1. The van der Waals surface area contributed by atoms with Crippen LogP contribution in [0.3, 0.4) is 0 Å². The second-order valence-corrected chi connectivity index (χ2v) is 6.18. The maximum atomic E-state index is 12.1. The van der Waals surface area contributed by atoms with E-state index in [1.54, 1.807) is 13.0 Å². The molecule has 0 radical (unpaired) electrons. The average molecular weight is 318 g/mol. The summed E-state index contributed by atoms with van der Waals surface area (Å²) < 4.78 is 10.2. The second kappa shape index (κ2) is 6.98. The zero-order valence-corrected chi connectivity index (χ0v) is 13.4.